The third-order valence-corrected chi connectivity index (χ3v) is 5.56. The second-order valence-corrected chi connectivity index (χ2v) is 7.70. The smallest absolute Gasteiger partial charge is 0.270 e. The standard InChI is InChI=1S/C23H18N6O2S/c30-22(18-15-32-23(25-18)17-9-5-2-6-10-17)24-13-14-31-20-12-11-19-26-27-21(29(19)28-20)16-7-3-1-4-8-16/h1-12,15H,13-14H2,(H,24,30). The maximum atomic E-state index is 12.4. The van der Waals surface area contributed by atoms with Crippen LogP contribution in [0.3, 0.4) is 0 Å². The lowest BCUT2D eigenvalue weighted by Crippen LogP contribution is -2.28. The fourth-order valence-corrected chi connectivity index (χ4v) is 3.92. The van der Waals surface area contributed by atoms with Gasteiger partial charge in [-0.15, -0.1) is 26.6 Å². The van der Waals surface area contributed by atoms with Gasteiger partial charge in [-0.1, -0.05) is 60.7 Å². The van der Waals surface area contributed by atoms with Crippen LogP contribution < -0.4 is 10.1 Å². The normalized spacial score (nSPS) is 10.9. The van der Waals surface area contributed by atoms with Crippen molar-refractivity contribution in [1.82, 2.24) is 30.1 Å². The van der Waals surface area contributed by atoms with Crippen molar-refractivity contribution < 1.29 is 9.53 Å². The monoisotopic (exact) mass is 442 g/mol. The van der Waals surface area contributed by atoms with Crippen LogP contribution in [0, 0.1) is 0 Å². The molecule has 3 aromatic heterocycles. The van der Waals surface area contributed by atoms with Gasteiger partial charge in [-0.05, 0) is 6.07 Å². The summed E-state index contributed by atoms with van der Waals surface area (Å²) >= 11 is 1.44. The van der Waals surface area contributed by atoms with E-state index in [4.69, 9.17) is 4.74 Å². The van der Waals surface area contributed by atoms with Crippen LogP contribution in [0.4, 0.5) is 0 Å². The predicted octanol–water partition coefficient (Wildman–Crippen LogP) is 3.72. The molecule has 32 heavy (non-hydrogen) atoms. The Bertz CT molecular complexity index is 1350. The van der Waals surface area contributed by atoms with Crippen molar-refractivity contribution in [2.24, 2.45) is 0 Å². The molecule has 9 heteroatoms. The lowest BCUT2D eigenvalue weighted by Gasteiger charge is -2.07. The van der Waals surface area contributed by atoms with Crippen LogP contribution in [-0.4, -0.2) is 43.9 Å². The maximum Gasteiger partial charge on any atom is 0.270 e. The fourth-order valence-electron chi connectivity index (χ4n) is 3.12. The van der Waals surface area contributed by atoms with E-state index in [1.165, 1.54) is 11.3 Å². The summed E-state index contributed by atoms with van der Waals surface area (Å²) < 4.78 is 7.36. The minimum absolute atomic E-state index is 0.236. The Labute approximate surface area is 187 Å². The van der Waals surface area contributed by atoms with Crippen LogP contribution in [0.1, 0.15) is 10.5 Å². The zero-order chi connectivity index (χ0) is 21.8. The van der Waals surface area contributed by atoms with Crippen LogP contribution in [-0.2, 0) is 0 Å². The largest absolute Gasteiger partial charge is 0.475 e. The second-order valence-electron chi connectivity index (χ2n) is 6.84. The summed E-state index contributed by atoms with van der Waals surface area (Å²) in [5.41, 5.74) is 2.92. The van der Waals surface area contributed by atoms with Crippen LogP contribution in [0.25, 0.3) is 27.6 Å². The summed E-state index contributed by atoms with van der Waals surface area (Å²) in [5.74, 6) is 0.821. The number of nitrogens with zero attached hydrogens (tertiary/aromatic N) is 5. The number of amides is 1. The van der Waals surface area contributed by atoms with E-state index in [2.05, 4.69) is 25.6 Å². The van der Waals surface area contributed by atoms with Gasteiger partial charge in [0.05, 0.1) is 6.54 Å². The lowest BCUT2D eigenvalue weighted by molar-refractivity contribution is 0.0942. The quantitative estimate of drug-likeness (QED) is 0.386. The predicted molar refractivity (Wildman–Crippen MR) is 122 cm³/mol. The molecule has 0 spiro atoms. The van der Waals surface area contributed by atoms with Gasteiger partial charge in [-0.2, -0.15) is 4.52 Å². The molecule has 0 aliphatic heterocycles. The van der Waals surface area contributed by atoms with Gasteiger partial charge in [-0.3, -0.25) is 4.79 Å². The average Bonchev–Trinajstić information content (AvgIpc) is 3.50. The molecular formula is C23H18N6O2S. The Morgan fingerprint density at radius 2 is 1.69 bits per heavy atom. The molecule has 5 aromatic rings. The van der Waals surface area contributed by atoms with Crippen LogP contribution in [0.2, 0.25) is 0 Å². The minimum atomic E-state index is -0.236. The molecule has 8 nitrogen and oxygen atoms in total. The topological polar surface area (TPSA) is 94.3 Å². The van der Waals surface area contributed by atoms with E-state index >= 15 is 0 Å². The first kappa shape index (κ1) is 19.8. The van der Waals surface area contributed by atoms with Crippen molar-refractivity contribution in [3.63, 3.8) is 0 Å². The van der Waals surface area contributed by atoms with Crippen molar-refractivity contribution in [3.8, 4) is 27.8 Å². The molecule has 3 heterocycles. The lowest BCUT2D eigenvalue weighted by atomic mass is 10.2. The molecule has 0 aliphatic rings. The molecule has 0 saturated carbocycles. The second kappa shape index (κ2) is 8.94. The van der Waals surface area contributed by atoms with Gasteiger partial charge in [0, 0.05) is 22.6 Å². The summed E-state index contributed by atoms with van der Waals surface area (Å²) in [6, 6.07) is 23.0. The number of rotatable bonds is 7. The van der Waals surface area contributed by atoms with Crippen LogP contribution in [0.5, 0.6) is 5.88 Å². The zero-order valence-electron chi connectivity index (χ0n) is 16.9. The maximum absolute atomic E-state index is 12.4. The number of thiazole rings is 1. The Morgan fingerprint density at radius 1 is 0.938 bits per heavy atom. The summed E-state index contributed by atoms with van der Waals surface area (Å²) in [7, 11) is 0. The minimum Gasteiger partial charge on any atom is -0.475 e. The molecule has 1 N–H and O–H groups in total. The molecule has 0 bridgehead atoms. The average molecular weight is 443 g/mol. The molecule has 1 amide bonds. The van der Waals surface area contributed by atoms with E-state index in [0.717, 1.165) is 16.1 Å². The first-order chi connectivity index (χ1) is 15.8. The fraction of sp³-hybridized carbons (Fsp3) is 0.0870. The number of carbonyl (C=O) groups is 1. The highest BCUT2D eigenvalue weighted by atomic mass is 32.1. The summed E-state index contributed by atoms with van der Waals surface area (Å²) in [6.07, 6.45) is 0. The number of hydrogen-bond donors (Lipinski definition) is 1. The van der Waals surface area contributed by atoms with Crippen LogP contribution >= 0.6 is 11.3 Å². The molecule has 158 valence electrons. The number of benzene rings is 2. The Kier molecular flexibility index (Phi) is 5.54. The van der Waals surface area contributed by atoms with E-state index < -0.39 is 0 Å². The highest BCUT2D eigenvalue weighted by Crippen LogP contribution is 2.23. The van der Waals surface area contributed by atoms with Gasteiger partial charge in [0.25, 0.3) is 5.91 Å². The number of nitrogens with one attached hydrogen (secondary N) is 1. The Balaban J connectivity index is 1.19. The van der Waals surface area contributed by atoms with Crippen molar-refractivity contribution in [2.45, 2.75) is 0 Å². The molecule has 0 atom stereocenters. The molecule has 5 rings (SSSR count). The first-order valence-electron chi connectivity index (χ1n) is 9.98. The van der Waals surface area contributed by atoms with Gasteiger partial charge in [0.1, 0.15) is 17.3 Å². The first-order valence-corrected chi connectivity index (χ1v) is 10.9. The van der Waals surface area contributed by atoms with Crippen molar-refractivity contribution in [2.75, 3.05) is 13.2 Å². The van der Waals surface area contributed by atoms with E-state index in [-0.39, 0.29) is 12.5 Å². The van der Waals surface area contributed by atoms with Crippen molar-refractivity contribution in [1.29, 1.82) is 0 Å². The van der Waals surface area contributed by atoms with Crippen molar-refractivity contribution >= 4 is 22.9 Å². The van der Waals surface area contributed by atoms with Gasteiger partial charge >= 0.3 is 0 Å². The highest BCUT2D eigenvalue weighted by molar-refractivity contribution is 7.13. The number of aromatic nitrogens is 5. The molecule has 0 radical (unpaired) electrons. The third kappa shape index (κ3) is 4.19. The van der Waals surface area contributed by atoms with Gasteiger partial charge in [0.15, 0.2) is 11.5 Å². The molecule has 0 saturated heterocycles. The summed E-state index contributed by atoms with van der Waals surface area (Å²) in [6.45, 7) is 0.590. The van der Waals surface area contributed by atoms with Crippen molar-refractivity contribution in [3.05, 3.63) is 83.9 Å². The Hall–Kier alpha value is -4.11. The highest BCUT2D eigenvalue weighted by Gasteiger charge is 2.12. The number of hydrogen-bond acceptors (Lipinski definition) is 7. The summed E-state index contributed by atoms with van der Waals surface area (Å²) in [5, 5.41) is 18.2. The zero-order valence-corrected chi connectivity index (χ0v) is 17.7. The molecule has 0 aliphatic carbocycles. The van der Waals surface area contributed by atoms with Crippen LogP contribution in [0.15, 0.2) is 78.2 Å². The van der Waals surface area contributed by atoms with E-state index in [9.17, 15) is 4.79 Å². The SMILES string of the molecule is O=C(NCCOc1ccc2nnc(-c3ccccc3)n2n1)c1csc(-c2ccccc2)n1. The number of fused-ring (bicyclic) bond motifs is 1. The van der Waals surface area contributed by atoms with E-state index in [1.807, 2.05) is 60.7 Å². The van der Waals surface area contributed by atoms with Gasteiger partial charge < -0.3 is 10.1 Å². The Morgan fingerprint density at radius 3 is 2.47 bits per heavy atom. The molecule has 0 fully saturated rings. The molecule has 2 aromatic carbocycles. The number of ether oxygens (including phenoxy) is 1. The third-order valence-electron chi connectivity index (χ3n) is 4.67. The molecule has 0 unspecified atom stereocenters. The summed E-state index contributed by atoms with van der Waals surface area (Å²) in [4.78, 5) is 16.8. The number of carbonyl (C=O) groups excluding carboxylic acids is 1. The van der Waals surface area contributed by atoms with Gasteiger partial charge in [0.2, 0.25) is 5.88 Å². The van der Waals surface area contributed by atoms with Gasteiger partial charge in [-0.25, -0.2) is 4.98 Å². The van der Waals surface area contributed by atoms with E-state index in [1.54, 1.807) is 22.0 Å². The molecular weight excluding hydrogens is 424 g/mol. The van der Waals surface area contributed by atoms with E-state index in [0.29, 0.717) is 29.6 Å².